The molecule has 0 spiro atoms. The van der Waals surface area contributed by atoms with Gasteiger partial charge < -0.3 is 10.1 Å². The number of ether oxygens (including phenoxy) is 1. The van der Waals surface area contributed by atoms with Crippen molar-refractivity contribution in [3.05, 3.63) is 29.3 Å². The van der Waals surface area contributed by atoms with E-state index in [1.165, 1.54) is 24.0 Å². The van der Waals surface area contributed by atoms with E-state index < -0.39 is 0 Å². The molecule has 2 nitrogen and oxygen atoms in total. The quantitative estimate of drug-likeness (QED) is 0.724. The van der Waals surface area contributed by atoms with E-state index in [0.29, 0.717) is 0 Å². The van der Waals surface area contributed by atoms with Gasteiger partial charge in [-0.15, -0.1) is 0 Å². The van der Waals surface area contributed by atoms with Gasteiger partial charge in [-0.05, 0) is 37.1 Å². The van der Waals surface area contributed by atoms with Crippen molar-refractivity contribution < 1.29 is 4.74 Å². The van der Waals surface area contributed by atoms with Gasteiger partial charge in [0.25, 0.3) is 0 Å². The Bertz CT molecular complexity index is 297. The summed E-state index contributed by atoms with van der Waals surface area (Å²) < 4.78 is 5.29. The smallest absolute Gasteiger partial charge is 0.122 e. The van der Waals surface area contributed by atoms with Gasteiger partial charge in [-0.2, -0.15) is 0 Å². The Balaban J connectivity index is 2.47. The molecule has 0 fully saturated rings. The number of aryl methyl sites for hydroxylation is 1. The highest BCUT2D eigenvalue weighted by atomic mass is 16.5. The highest BCUT2D eigenvalue weighted by Gasteiger charge is 1.99. The van der Waals surface area contributed by atoms with E-state index in [1.54, 1.807) is 7.11 Å². The molecule has 0 atom stereocenters. The molecular formula is C13H21NO. The van der Waals surface area contributed by atoms with Crippen LogP contribution in [0.3, 0.4) is 0 Å². The van der Waals surface area contributed by atoms with Crippen molar-refractivity contribution in [2.75, 3.05) is 13.7 Å². The van der Waals surface area contributed by atoms with Crippen molar-refractivity contribution in [1.29, 1.82) is 0 Å². The van der Waals surface area contributed by atoms with Crippen LogP contribution in [0.15, 0.2) is 18.2 Å². The van der Waals surface area contributed by atoms with Crippen LogP contribution in [0.25, 0.3) is 0 Å². The summed E-state index contributed by atoms with van der Waals surface area (Å²) in [5, 5.41) is 3.42. The van der Waals surface area contributed by atoms with E-state index >= 15 is 0 Å². The van der Waals surface area contributed by atoms with Crippen LogP contribution < -0.4 is 10.1 Å². The predicted octanol–water partition coefficient (Wildman–Crippen LogP) is 2.89. The van der Waals surface area contributed by atoms with E-state index in [9.17, 15) is 0 Å². The highest BCUT2D eigenvalue weighted by Crippen LogP contribution is 2.18. The number of rotatable bonds is 6. The lowest BCUT2D eigenvalue weighted by atomic mass is 10.1. The third-order valence-electron chi connectivity index (χ3n) is 2.51. The van der Waals surface area contributed by atoms with Crippen molar-refractivity contribution in [1.82, 2.24) is 5.32 Å². The Morgan fingerprint density at radius 2 is 2.13 bits per heavy atom. The Morgan fingerprint density at radius 1 is 1.33 bits per heavy atom. The molecule has 1 aromatic rings. The third-order valence-corrected chi connectivity index (χ3v) is 2.51. The van der Waals surface area contributed by atoms with Crippen molar-refractivity contribution >= 4 is 0 Å². The molecule has 0 aliphatic carbocycles. The van der Waals surface area contributed by atoms with Gasteiger partial charge in [-0.3, -0.25) is 0 Å². The Labute approximate surface area is 92.6 Å². The molecule has 1 rings (SSSR count). The number of unbranched alkanes of at least 4 members (excludes halogenated alkanes) is 1. The minimum Gasteiger partial charge on any atom is -0.496 e. The second-order valence-corrected chi connectivity index (χ2v) is 3.83. The molecule has 84 valence electrons. The SMILES string of the molecule is CCCCNCc1ccc(C)c(OC)c1. The van der Waals surface area contributed by atoms with E-state index in [0.717, 1.165) is 18.8 Å². The molecule has 1 aromatic carbocycles. The van der Waals surface area contributed by atoms with Crippen LogP contribution in [0.4, 0.5) is 0 Å². The molecule has 1 N–H and O–H groups in total. The van der Waals surface area contributed by atoms with Crippen molar-refractivity contribution in [3.63, 3.8) is 0 Å². The van der Waals surface area contributed by atoms with Gasteiger partial charge in [0.15, 0.2) is 0 Å². The first-order valence-corrected chi connectivity index (χ1v) is 5.62. The average Bonchev–Trinajstić information content (AvgIpc) is 2.26. The van der Waals surface area contributed by atoms with Crippen LogP contribution in [-0.4, -0.2) is 13.7 Å². The number of hydrogen-bond donors (Lipinski definition) is 1. The largest absolute Gasteiger partial charge is 0.496 e. The van der Waals surface area contributed by atoms with E-state index in [2.05, 4.69) is 37.4 Å². The van der Waals surface area contributed by atoms with E-state index in [1.807, 2.05) is 0 Å². The zero-order valence-electron chi connectivity index (χ0n) is 9.97. The van der Waals surface area contributed by atoms with Crippen LogP contribution >= 0.6 is 0 Å². The lowest BCUT2D eigenvalue weighted by Gasteiger charge is -2.08. The molecular weight excluding hydrogens is 186 g/mol. The summed E-state index contributed by atoms with van der Waals surface area (Å²) in [5.74, 6) is 0.977. The first-order valence-electron chi connectivity index (χ1n) is 5.62. The standard InChI is InChI=1S/C13H21NO/c1-4-5-8-14-10-12-7-6-11(2)13(9-12)15-3/h6-7,9,14H,4-5,8,10H2,1-3H3. The topological polar surface area (TPSA) is 21.3 Å². The molecule has 0 unspecified atom stereocenters. The second-order valence-electron chi connectivity index (χ2n) is 3.83. The number of benzene rings is 1. The van der Waals surface area contributed by atoms with Crippen LogP contribution in [0.5, 0.6) is 5.75 Å². The molecule has 0 bridgehead atoms. The summed E-state index contributed by atoms with van der Waals surface area (Å²) in [6.45, 7) is 6.28. The summed E-state index contributed by atoms with van der Waals surface area (Å²) in [6.07, 6.45) is 2.48. The second kappa shape index (κ2) is 6.46. The van der Waals surface area contributed by atoms with Crippen molar-refractivity contribution in [3.8, 4) is 5.75 Å². The minimum atomic E-state index is 0.927. The normalized spacial score (nSPS) is 10.3. The van der Waals surface area contributed by atoms with E-state index in [-0.39, 0.29) is 0 Å². The number of nitrogens with one attached hydrogen (secondary N) is 1. The van der Waals surface area contributed by atoms with Crippen molar-refractivity contribution in [2.45, 2.75) is 33.2 Å². The lowest BCUT2D eigenvalue weighted by molar-refractivity contribution is 0.411. The number of hydrogen-bond acceptors (Lipinski definition) is 2. The summed E-state index contributed by atoms with van der Waals surface area (Å²) in [6, 6.07) is 6.36. The van der Waals surface area contributed by atoms with Gasteiger partial charge in [0.05, 0.1) is 7.11 Å². The number of methoxy groups -OCH3 is 1. The molecule has 0 aromatic heterocycles. The molecule has 0 saturated carbocycles. The van der Waals surface area contributed by atoms with Crippen LogP contribution in [0, 0.1) is 6.92 Å². The monoisotopic (exact) mass is 207 g/mol. The molecule has 0 heterocycles. The Hall–Kier alpha value is -1.02. The van der Waals surface area contributed by atoms with Gasteiger partial charge in [-0.1, -0.05) is 25.5 Å². The van der Waals surface area contributed by atoms with Crippen molar-refractivity contribution in [2.24, 2.45) is 0 Å². The molecule has 0 radical (unpaired) electrons. The van der Waals surface area contributed by atoms with Gasteiger partial charge >= 0.3 is 0 Å². The summed E-state index contributed by atoms with van der Waals surface area (Å²) in [4.78, 5) is 0. The Kier molecular flexibility index (Phi) is 5.19. The molecule has 15 heavy (non-hydrogen) atoms. The maximum Gasteiger partial charge on any atom is 0.122 e. The van der Waals surface area contributed by atoms with Gasteiger partial charge in [0, 0.05) is 6.54 Å². The maximum absolute atomic E-state index is 5.29. The van der Waals surface area contributed by atoms with Crippen LogP contribution in [0.1, 0.15) is 30.9 Å². The molecule has 0 saturated heterocycles. The van der Waals surface area contributed by atoms with Crippen LogP contribution in [0.2, 0.25) is 0 Å². The van der Waals surface area contributed by atoms with Gasteiger partial charge in [0.1, 0.15) is 5.75 Å². The van der Waals surface area contributed by atoms with Gasteiger partial charge in [-0.25, -0.2) is 0 Å². The molecule has 2 heteroatoms. The Morgan fingerprint density at radius 3 is 2.80 bits per heavy atom. The minimum absolute atomic E-state index is 0.927. The highest BCUT2D eigenvalue weighted by molar-refractivity contribution is 5.36. The average molecular weight is 207 g/mol. The first-order chi connectivity index (χ1) is 7.27. The fourth-order valence-corrected chi connectivity index (χ4v) is 1.51. The summed E-state index contributed by atoms with van der Waals surface area (Å²) >= 11 is 0. The fraction of sp³-hybridized carbons (Fsp3) is 0.538. The molecule has 0 aliphatic heterocycles. The molecule has 0 amide bonds. The lowest BCUT2D eigenvalue weighted by Crippen LogP contribution is -2.14. The van der Waals surface area contributed by atoms with Gasteiger partial charge in [0.2, 0.25) is 0 Å². The molecule has 0 aliphatic rings. The van der Waals surface area contributed by atoms with Crippen LogP contribution in [-0.2, 0) is 6.54 Å². The zero-order chi connectivity index (χ0) is 11.1. The summed E-state index contributed by atoms with van der Waals surface area (Å²) in [7, 11) is 1.72. The third kappa shape index (κ3) is 3.92. The zero-order valence-corrected chi connectivity index (χ0v) is 9.97. The fourth-order valence-electron chi connectivity index (χ4n) is 1.51. The maximum atomic E-state index is 5.29. The van der Waals surface area contributed by atoms with E-state index in [4.69, 9.17) is 4.74 Å². The first kappa shape index (κ1) is 12.1. The summed E-state index contributed by atoms with van der Waals surface area (Å²) in [5.41, 5.74) is 2.48. The predicted molar refractivity (Wildman–Crippen MR) is 64.3 cm³/mol.